The molecule has 0 spiro atoms. The van der Waals surface area contributed by atoms with Crippen molar-refractivity contribution in [3.63, 3.8) is 0 Å². The van der Waals surface area contributed by atoms with Crippen molar-refractivity contribution in [2.75, 3.05) is 97.9 Å². The molecule has 0 bridgehead atoms. The van der Waals surface area contributed by atoms with Crippen LogP contribution in [0.3, 0.4) is 0 Å². The second-order valence-electron chi connectivity index (χ2n) is 11.6. The van der Waals surface area contributed by atoms with Gasteiger partial charge in [0.05, 0.1) is 80.9 Å². The van der Waals surface area contributed by atoms with Crippen molar-refractivity contribution in [2.45, 2.75) is 106 Å². The van der Waals surface area contributed by atoms with E-state index in [4.69, 9.17) is 75.4 Å². The van der Waals surface area contributed by atoms with Crippen LogP contribution in [-0.4, -0.2) is 249 Å². The average molecular weight is 1500 g/mol. The fourth-order valence-corrected chi connectivity index (χ4v) is 4.20. The molecule has 528 valence electrons. The zero-order valence-corrected chi connectivity index (χ0v) is 48.7. The van der Waals surface area contributed by atoms with Crippen LogP contribution in [0.1, 0.15) is 180 Å². The van der Waals surface area contributed by atoms with E-state index in [1.165, 1.54) is 21.3 Å². The van der Waals surface area contributed by atoms with Crippen molar-refractivity contribution in [1.82, 2.24) is 42.5 Å². The van der Waals surface area contributed by atoms with Crippen LogP contribution >= 0.6 is 0 Å². The largest absolute Gasteiger partial charge is 0.748 e. The van der Waals surface area contributed by atoms with E-state index >= 15 is 0 Å². The zero-order chi connectivity index (χ0) is 119. The molecule has 0 aromatic carbocycles. The molecule has 0 fully saturated rings. The highest BCUT2D eigenvalue weighted by Gasteiger charge is 2.01. The van der Waals surface area contributed by atoms with Crippen LogP contribution in [0.25, 0.3) is 0 Å². The number of nitrogens with one attached hydrogen (secondary N) is 8. The van der Waals surface area contributed by atoms with Gasteiger partial charge in [0.15, 0.2) is 1.41 Å². The lowest BCUT2D eigenvalue weighted by Crippen LogP contribution is -2.22. The van der Waals surface area contributed by atoms with E-state index in [9.17, 15) is 142 Å². The first-order valence-corrected chi connectivity index (χ1v) is 30.9. The summed E-state index contributed by atoms with van der Waals surface area (Å²) in [5.41, 5.74) is -18.9. The van der Waals surface area contributed by atoms with E-state index in [0.717, 1.165) is 5.32 Å². The molecular weight excluding hydrogens is 1360 g/mol. The summed E-state index contributed by atoms with van der Waals surface area (Å²) in [6.07, 6.45) is -20.4. The van der Waals surface area contributed by atoms with Gasteiger partial charge in [-0.25, -0.2) is 67.3 Å². The van der Waals surface area contributed by atoms with Gasteiger partial charge < -0.3 is 78.9 Å². The van der Waals surface area contributed by atoms with Gasteiger partial charge in [0.2, 0.25) is 47.3 Å². The number of rotatable bonds is 32. The average Bonchev–Trinajstić information content (AvgIpc) is 0.727. The van der Waals surface area contributed by atoms with Crippen molar-refractivity contribution in [3.05, 3.63) is 0 Å². The number of hydrogen-bond acceptors (Lipinski definition) is 32. The molecule has 0 heterocycles. The van der Waals surface area contributed by atoms with Gasteiger partial charge in [-0.1, -0.05) is 0 Å². The molecular formula is C40H80N8O32S8-8. The van der Waals surface area contributed by atoms with E-state index in [0.29, 0.717) is 0 Å². The summed E-state index contributed by atoms with van der Waals surface area (Å²) in [5, 5.41) is 9.05. The highest BCUT2D eigenvalue weighted by Crippen LogP contribution is 1.91. The number of carbonyl (C=O) groups excluding carboxylic acids is 8. The molecule has 0 aromatic rings. The monoisotopic (exact) mass is 1500 g/mol. The van der Waals surface area contributed by atoms with E-state index in [1.54, 1.807) is 10.6 Å². The highest BCUT2D eigenvalue weighted by molar-refractivity contribution is 7.87. The van der Waals surface area contributed by atoms with E-state index in [2.05, 4.69) is 0 Å². The Labute approximate surface area is 592 Å². The first kappa shape index (κ1) is 33.1. The Morgan fingerprint density at radius 3 is 0.909 bits per heavy atom. The molecule has 0 aliphatic rings. The Bertz CT molecular complexity index is 5330. The topological polar surface area (TPSA) is 690 Å². The number of hydrogen-bond donors (Lipinski definition) is 8. The number of amides is 8. The van der Waals surface area contributed by atoms with Crippen molar-refractivity contribution in [2.24, 2.45) is 0 Å². The Morgan fingerprint density at radius 2 is 0.557 bits per heavy atom. The molecule has 40 nitrogen and oxygen atoms in total. The Balaban J connectivity index is -0.000000243. The van der Waals surface area contributed by atoms with Crippen LogP contribution in [0.5, 0.6) is 0 Å². The fraction of sp³-hybridized carbons (Fsp3) is 0.800. The fourth-order valence-electron chi connectivity index (χ4n) is 2.05. The van der Waals surface area contributed by atoms with Crippen molar-refractivity contribution < 1.29 is 218 Å². The van der Waals surface area contributed by atoms with Crippen LogP contribution in [0.4, 0.5) is 0 Å². The number of carbonyl (C=O) groups is 8. The minimum atomic E-state index is -6.03. The van der Waals surface area contributed by atoms with Crippen LogP contribution in [0.15, 0.2) is 0 Å². The Morgan fingerprint density at radius 1 is 0.284 bits per heavy atom. The third kappa shape index (κ3) is 149. The lowest BCUT2D eigenvalue weighted by Gasteiger charge is -2.05. The quantitative estimate of drug-likeness (QED) is 0.0290. The predicted molar refractivity (Wildman–Crippen MR) is 303 cm³/mol. The van der Waals surface area contributed by atoms with Gasteiger partial charge >= 0.3 is 0 Å². The van der Waals surface area contributed by atoms with Crippen molar-refractivity contribution in [1.29, 1.82) is 0 Å². The van der Waals surface area contributed by atoms with Crippen LogP contribution in [-0.2, 0) is 119 Å². The lowest BCUT2D eigenvalue weighted by atomic mass is 10.5. The highest BCUT2D eigenvalue weighted by atomic mass is 32.2. The van der Waals surface area contributed by atoms with Gasteiger partial charge in [-0.05, 0) is 51.1 Å². The van der Waals surface area contributed by atoms with Crippen LogP contribution in [0.2, 0.25) is 1.41 Å². The second-order valence-corrected chi connectivity index (χ2v) is 21.7. The normalized spacial score (nSPS) is 23.9. The van der Waals surface area contributed by atoms with Gasteiger partial charge in [-0.2, -0.15) is 0 Å². The predicted octanol–water partition coefficient (Wildman–Crippen LogP) is -7.54. The molecule has 0 radical (unpaired) electrons. The van der Waals surface area contributed by atoms with Crippen LogP contribution < -0.4 is 42.5 Å². The minimum absolute atomic E-state index is 0.550. The third-order valence-electron chi connectivity index (χ3n) is 4.41. The standard InChI is InChI=1S/8C5H11NO4S/c8*1-5(7)6-3-2-4-11(8,9)10/h8*2-4H2,1H3,(H,6,7)(H,8,9,10)/p-8/i2*1D3,2D2,3D2,4D2;1D3,3D2,4D2;1D3,2D2,4D2;1D3,2D2,3D2;1D3,4D2;1D3,3D2;1D3,2D2/hD. The smallest absolute Gasteiger partial charge is 0.216 e. The van der Waals surface area contributed by atoms with Crippen molar-refractivity contribution in [3.8, 4) is 0 Å². The maximum atomic E-state index is 11.3. The van der Waals surface area contributed by atoms with E-state index in [-0.39, 0.29) is 0 Å². The summed E-state index contributed by atoms with van der Waals surface area (Å²) >= 11 is 0. The maximum Gasteiger partial charge on any atom is 0.216 e. The van der Waals surface area contributed by atoms with Gasteiger partial charge in [-0.3, -0.25) is 38.4 Å². The Kier molecular flexibility index (Phi) is 20.6. The molecule has 0 rings (SSSR count). The third-order valence-corrected chi connectivity index (χ3v) is 8.33. The van der Waals surface area contributed by atoms with Gasteiger partial charge in [0, 0.05) is 227 Å². The summed E-state index contributed by atoms with van der Waals surface area (Å²) in [6, 6.07) is 0. The lowest BCUT2D eigenvalue weighted by molar-refractivity contribution is -0.119. The molecule has 0 aromatic heterocycles. The molecule has 0 unspecified atom stereocenters. The Hall–Kier alpha value is -4.96. The SMILES string of the molecule is [2H]C([2H])(CC([2H])([2H])S(=O)(=O)[O-])NC(=O)C([2H])([2H])[2H].[2H]C([2H])(CCS(=O)(=O)[O-])NC(=O)C([2H])([2H])[2H].[2H]C([2H])(CNC(=O)C([2H])([2H])[2H])CS(=O)(=O)[O-].[2H]C([2H])([2H])C(=O)NC([2H])([2H])C([2H])([2H])C([2H])([2H])S(=O)(=O)[O-].[2H]C([2H])([2H])C(=O)NC([2H])([2H])C([2H])([2H])CS(=O)(=O)[O-].[2H]C([2H])([2H])C(=O)NCC([2H])([2H])C([2H])([2H])S(=O)(=O)[O-].[2H]C([2H])([2H])C(=O)NCCC([2H])([2H])S(=O)(=O)[O-].[2H]N(C(=O)C([2H])([2H])[2H])C([2H])([2H])C([2H])([2H])C([2H])([2H])S(=O)(=O)[O-]. The first-order valence-electron chi connectivity index (χ1n) is 46.6. The van der Waals surface area contributed by atoms with Gasteiger partial charge in [0.1, 0.15) is 0 Å². The summed E-state index contributed by atoms with van der Waals surface area (Å²) < 4.78 is 629. The second kappa shape index (κ2) is 54.9. The molecule has 0 atom stereocenters. The van der Waals surface area contributed by atoms with Crippen LogP contribution in [0, 0.1) is 0 Å². The van der Waals surface area contributed by atoms with E-state index in [1.807, 2.05) is 0 Å². The summed E-state index contributed by atoms with van der Waals surface area (Å²) in [5.74, 6) is -17.6. The van der Waals surface area contributed by atoms with Gasteiger partial charge in [-0.15, -0.1) is 0 Å². The van der Waals surface area contributed by atoms with Crippen molar-refractivity contribution >= 4 is 128 Å². The molecule has 48 heteroatoms. The summed E-state index contributed by atoms with van der Waals surface area (Å²) in [6.45, 7) is -44.6. The summed E-state index contributed by atoms with van der Waals surface area (Å²) in [4.78, 5) is 87.6. The van der Waals surface area contributed by atoms with Gasteiger partial charge in [0.25, 0.3) is 0 Å². The molecule has 0 aliphatic carbocycles. The molecule has 0 saturated heterocycles. The zero-order valence-electron chi connectivity index (χ0n) is 97.1. The molecule has 8 amide bonds. The minimum Gasteiger partial charge on any atom is -0.748 e. The first-order chi connectivity index (χ1) is 60.5. The molecule has 88 heavy (non-hydrogen) atoms. The molecule has 0 aliphatic heterocycles. The summed E-state index contributed by atoms with van der Waals surface area (Å²) in [7, 11) is -42.7. The molecule has 0 saturated carbocycles. The van der Waals surface area contributed by atoms with E-state index < -0.39 is 337 Å². The maximum absolute atomic E-state index is 11.3. The molecule has 8 N–H and O–H groups in total.